The molecule has 2 N–H and O–H groups in total. The molecule has 1 atom stereocenters. The second kappa shape index (κ2) is 5.93. The quantitative estimate of drug-likeness (QED) is 0.858. The van der Waals surface area contributed by atoms with E-state index in [9.17, 15) is 5.11 Å². The predicted molar refractivity (Wildman–Crippen MR) is 78.7 cm³/mol. The van der Waals surface area contributed by atoms with Crippen molar-refractivity contribution in [1.82, 2.24) is 0 Å². The summed E-state index contributed by atoms with van der Waals surface area (Å²) in [4.78, 5) is 0. The van der Waals surface area contributed by atoms with E-state index in [0.717, 1.165) is 5.69 Å². The number of aryl methyl sites for hydroxylation is 2. The Bertz CT molecular complexity index is 423. The van der Waals surface area contributed by atoms with E-state index in [1.54, 1.807) is 0 Å². The first-order chi connectivity index (χ1) is 8.94. The van der Waals surface area contributed by atoms with Crippen molar-refractivity contribution in [2.24, 2.45) is 0 Å². The third kappa shape index (κ3) is 4.51. The molecule has 0 amide bonds. The van der Waals surface area contributed by atoms with Crippen molar-refractivity contribution in [2.75, 3.05) is 18.5 Å². The normalized spacial score (nSPS) is 16.2. The molecule has 0 bridgehead atoms. The lowest BCUT2D eigenvalue weighted by atomic mass is 10.1. The monoisotopic (exact) mass is 263 g/mol. The SMILES string of the molecule is CC(C)(C)OCC(O)CNc1ccc2c(c1)CCC2. The first-order valence-corrected chi connectivity index (χ1v) is 7.12. The summed E-state index contributed by atoms with van der Waals surface area (Å²) in [6, 6.07) is 6.50. The van der Waals surface area contributed by atoms with Crippen LogP contribution in [0.3, 0.4) is 0 Å². The van der Waals surface area contributed by atoms with Crippen LogP contribution in [-0.4, -0.2) is 30.0 Å². The Labute approximate surface area is 116 Å². The Balaban J connectivity index is 1.79. The number of fused-ring (bicyclic) bond motifs is 1. The molecule has 1 aromatic carbocycles. The minimum absolute atomic E-state index is 0.200. The molecule has 106 valence electrons. The fourth-order valence-corrected chi connectivity index (χ4v) is 2.32. The minimum Gasteiger partial charge on any atom is -0.389 e. The Hall–Kier alpha value is -1.06. The van der Waals surface area contributed by atoms with Gasteiger partial charge in [-0.1, -0.05) is 6.07 Å². The molecule has 0 saturated carbocycles. The van der Waals surface area contributed by atoms with Gasteiger partial charge in [-0.3, -0.25) is 0 Å². The van der Waals surface area contributed by atoms with Gasteiger partial charge < -0.3 is 15.2 Å². The molecule has 0 aromatic heterocycles. The van der Waals surface area contributed by atoms with Crippen LogP contribution < -0.4 is 5.32 Å². The number of benzene rings is 1. The van der Waals surface area contributed by atoms with Crippen LogP contribution in [0.15, 0.2) is 18.2 Å². The summed E-state index contributed by atoms with van der Waals surface area (Å²) < 4.78 is 5.56. The van der Waals surface area contributed by atoms with E-state index < -0.39 is 6.10 Å². The molecular formula is C16H25NO2. The number of anilines is 1. The molecule has 1 aliphatic carbocycles. The maximum Gasteiger partial charge on any atom is 0.0945 e. The zero-order valence-corrected chi connectivity index (χ0v) is 12.2. The highest BCUT2D eigenvalue weighted by atomic mass is 16.5. The van der Waals surface area contributed by atoms with Crippen LogP contribution in [0.4, 0.5) is 5.69 Å². The molecule has 0 spiro atoms. The lowest BCUT2D eigenvalue weighted by molar-refractivity contribution is -0.0449. The predicted octanol–water partition coefficient (Wildman–Crippen LogP) is 2.76. The average Bonchev–Trinajstić information content (AvgIpc) is 2.80. The van der Waals surface area contributed by atoms with Gasteiger partial charge in [0.15, 0.2) is 0 Å². The third-order valence-electron chi connectivity index (χ3n) is 3.35. The second-order valence-corrected chi connectivity index (χ2v) is 6.30. The summed E-state index contributed by atoms with van der Waals surface area (Å²) in [6.07, 6.45) is 3.17. The molecule has 0 heterocycles. The van der Waals surface area contributed by atoms with Gasteiger partial charge >= 0.3 is 0 Å². The molecule has 0 aliphatic heterocycles. The first-order valence-electron chi connectivity index (χ1n) is 7.12. The Morgan fingerprint density at radius 1 is 1.26 bits per heavy atom. The smallest absolute Gasteiger partial charge is 0.0945 e. The van der Waals surface area contributed by atoms with Gasteiger partial charge in [0.2, 0.25) is 0 Å². The summed E-state index contributed by atoms with van der Waals surface area (Å²) in [5.41, 5.74) is 3.82. The van der Waals surface area contributed by atoms with Crippen LogP contribution in [0.1, 0.15) is 38.3 Å². The van der Waals surface area contributed by atoms with Crippen LogP contribution in [0.2, 0.25) is 0 Å². The zero-order chi connectivity index (χ0) is 13.9. The molecule has 0 radical (unpaired) electrons. The van der Waals surface area contributed by atoms with Gasteiger partial charge in [-0.2, -0.15) is 0 Å². The molecule has 3 nitrogen and oxygen atoms in total. The Morgan fingerprint density at radius 3 is 2.74 bits per heavy atom. The molecule has 19 heavy (non-hydrogen) atoms. The van der Waals surface area contributed by atoms with Crippen molar-refractivity contribution >= 4 is 5.69 Å². The van der Waals surface area contributed by atoms with Gasteiger partial charge in [0.25, 0.3) is 0 Å². The number of hydrogen-bond donors (Lipinski definition) is 2. The van der Waals surface area contributed by atoms with E-state index in [1.165, 1.54) is 30.4 Å². The van der Waals surface area contributed by atoms with Crippen molar-refractivity contribution in [3.05, 3.63) is 29.3 Å². The Kier molecular flexibility index (Phi) is 4.48. The number of aliphatic hydroxyl groups excluding tert-OH is 1. The van der Waals surface area contributed by atoms with E-state index in [4.69, 9.17) is 4.74 Å². The molecule has 0 fully saturated rings. The lowest BCUT2D eigenvalue weighted by Crippen LogP contribution is -2.30. The number of ether oxygens (including phenoxy) is 1. The van der Waals surface area contributed by atoms with Crippen molar-refractivity contribution in [3.63, 3.8) is 0 Å². The van der Waals surface area contributed by atoms with Crippen LogP contribution >= 0.6 is 0 Å². The molecular weight excluding hydrogens is 238 g/mol. The van der Waals surface area contributed by atoms with Gasteiger partial charge in [0, 0.05) is 12.2 Å². The number of aliphatic hydroxyl groups is 1. The number of rotatable bonds is 5. The highest BCUT2D eigenvalue weighted by Crippen LogP contribution is 2.24. The van der Waals surface area contributed by atoms with E-state index >= 15 is 0 Å². The van der Waals surface area contributed by atoms with Gasteiger partial charge in [-0.15, -0.1) is 0 Å². The third-order valence-corrected chi connectivity index (χ3v) is 3.35. The highest BCUT2D eigenvalue weighted by molar-refractivity contribution is 5.50. The van der Waals surface area contributed by atoms with Crippen LogP contribution in [0.25, 0.3) is 0 Å². The van der Waals surface area contributed by atoms with Crippen LogP contribution in [0.5, 0.6) is 0 Å². The summed E-state index contributed by atoms with van der Waals surface area (Å²) in [7, 11) is 0. The van der Waals surface area contributed by atoms with Crippen molar-refractivity contribution in [3.8, 4) is 0 Å². The molecule has 1 aromatic rings. The largest absolute Gasteiger partial charge is 0.389 e. The molecule has 0 saturated heterocycles. The minimum atomic E-state index is -0.479. The fourth-order valence-electron chi connectivity index (χ4n) is 2.32. The topological polar surface area (TPSA) is 41.5 Å². The second-order valence-electron chi connectivity index (χ2n) is 6.30. The maximum absolute atomic E-state index is 9.88. The summed E-state index contributed by atoms with van der Waals surface area (Å²) in [6.45, 7) is 6.87. The number of nitrogens with one attached hydrogen (secondary N) is 1. The van der Waals surface area contributed by atoms with Crippen molar-refractivity contribution in [2.45, 2.75) is 51.7 Å². The van der Waals surface area contributed by atoms with Gasteiger partial charge in [0.1, 0.15) is 0 Å². The molecule has 3 heteroatoms. The van der Waals surface area contributed by atoms with E-state index in [2.05, 4.69) is 23.5 Å². The standard InChI is InChI=1S/C16H25NO2/c1-16(2,3)19-11-15(18)10-17-14-8-7-12-5-4-6-13(12)9-14/h7-9,15,17-18H,4-6,10-11H2,1-3H3. The molecule has 2 rings (SSSR count). The van der Waals surface area contributed by atoms with E-state index in [-0.39, 0.29) is 5.60 Å². The van der Waals surface area contributed by atoms with Crippen molar-refractivity contribution in [1.29, 1.82) is 0 Å². The molecule has 1 aliphatic rings. The van der Waals surface area contributed by atoms with E-state index in [1.807, 2.05) is 20.8 Å². The van der Waals surface area contributed by atoms with Gasteiger partial charge in [-0.25, -0.2) is 0 Å². The first kappa shape index (κ1) is 14.4. The Morgan fingerprint density at radius 2 is 2.00 bits per heavy atom. The fraction of sp³-hybridized carbons (Fsp3) is 0.625. The van der Waals surface area contributed by atoms with Gasteiger partial charge in [0.05, 0.1) is 18.3 Å². The molecule has 1 unspecified atom stereocenters. The summed E-state index contributed by atoms with van der Waals surface area (Å²) in [5.74, 6) is 0. The lowest BCUT2D eigenvalue weighted by Gasteiger charge is -2.22. The van der Waals surface area contributed by atoms with Crippen molar-refractivity contribution < 1.29 is 9.84 Å². The van der Waals surface area contributed by atoms with Crippen LogP contribution in [0, 0.1) is 0 Å². The van der Waals surface area contributed by atoms with E-state index in [0.29, 0.717) is 13.2 Å². The zero-order valence-electron chi connectivity index (χ0n) is 12.2. The average molecular weight is 263 g/mol. The summed E-state index contributed by atoms with van der Waals surface area (Å²) in [5, 5.41) is 13.2. The van der Waals surface area contributed by atoms with Gasteiger partial charge in [-0.05, 0) is 63.3 Å². The summed E-state index contributed by atoms with van der Waals surface area (Å²) >= 11 is 0. The highest BCUT2D eigenvalue weighted by Gasteiger charge is 2.14. The maximum atomic E-state index is 9.88. The number of hydrogen-bond acceptors (Lipinski definition) is 3. The van der Waals surface area contributed by atoms with Crippen LogP contribution in [-0.2, 0) is 17.6 Å².